The van der Waals surface area contributed by atoms with E-state index in [0.29, 0.717) is 10.2 Å². The molecular weight excluding hydrogens is 437 g/mol. The number of hydrogen-bond donors (Lipinski definition) is 1. The molecule has 0 radical (unpaired) electrons. The summed E-state index contributed by atoms with van der Waals surface area (Å²) in [5.74, 6) is -1.04. The molecule has 0 aliphatic heterocycles. The molecule has 0 spiro atoms. The molecule has 2 heterocycles. The van der Waals surface area contributed by atoms with Crippen LogP contribution in [0.3, 0.4) is 0 Å². The highest BCUT2D eigenvalue weighted by Gasteiger charge is 2.15. The molecule has 5 rings (SSSR count). The molecule has 0 bridgehead atoms. The number of aromatic nitrogens is 2. The van der Waals surface area contributed by atoms with Crippen molar-refractivity contribution in [3.63, 3.8) is 0 Å². The quantitative estimate of drug-likeness (QED) is 0.377. The molecule has 33 heavy (non-hydrogen) atoms. The lowest BCUT2D eigenvalue weighted by Gasteiger charge is -2.08. The zero-order valence-electron chi connectivity index (χ0n) is 17.4. The summed E-state index contributed by atoms with van der Waals surface area (Å²) in [5.41, 5.74) is 3.62. The maximum Gasteiger partial charge on any atom is 0.263 e. The van der Waals surface area contributed by atoms with Crippen LogP contribution < -0.4 is 10.9 Å². The summed E-state index contributed by atoms with van der Waals surface area (Å²) < 4.78 is 15.1. The lowest BCUT2D eigenvalue weighted by molar-refractivity contribution is -0.116. The predicted octanol–water partition coefficient (Wildman–Crippen LogP) is 5.57. The van der Waals surface area contributed by atoms with Crippen LogP contribution in [0.5, 0.6) is 0 Å². The van der Waals surface area contributed by atoms with Crippen LogP contribution in [0.15, 0.2) is 95.4 Å². The number of para-hydroxylation sites is 1. The third-order valence-electron chi connectivity index (χ3n) is 5.33. The van der Waals surface area contributed by atoms with Crippen LogP contribution in [0.2, 0.25) is 0 Å². The summed E-state index contributed by atoms with van der Waals surface area (Å²) in [4.78, 5) is 30.6. The molecule has 2 aromatic heterocycles. The van der Waals surface area contributed by atoms with Gasteiger partial charge < -0.3 is 5.32 Å². The number of anilines is 1. The molecule has 1 amide bonds. The van der Waals surface area contributed by atoms with E-state index in [-0.39, 0.29) is 17.8 Å². The maximum absolute atomic E-state index is 13.8. The van der Waals surface area contributed by atoms with Crippen molar-refractivity contribution in [1.82, 2.24) is 9.55 Å². The number of carbonyl (C=O) groups excluding carboxylic acids is 1. The van der Waals surface area contributed by atoms with E-state index in [2.05, 4.69) is 10.3 Å². The maximum atomic E-state index is 13.8. The van der Waals surface area contributed by atoms with Gasteiger partial charge in [-0.05, 0) is 28.8 Å². The first kappa shape index (κ1) is 20.8. The smallest absolute Gasteiger partial charge is 0.263 e. The standard InChI is InChI=1S/C26H18FN3O2S/c27-21-8-4-5-9-22(21)29-23(31)14-30-16-28-25-24(26(30)32)20(15-33-25)19-12-10-18(11-13-19)17-6-2-1-3-7-17/h1-13,15-16H,14H2,(H,29,31). The normalized spacial score (nSPS) is 10.9. The number of halogens is 1. The van der Waals surface area contributed by atoms with Gasteiger partial charge in [0.05, 0.1) is 17.4 Å². The van der Waals surface area contributed by atoms with Crippen LogP contribution in [-0.2, 0) is 11.3 Å². The number of nitrogens with one attached hydrogen (secondary N) is 1. The molecule has 5 nitrogen and oxygen atoms in total. The Morgan fingerprint density at radius 2 is 1.58 bits per heavy atom. The Morgan fingerprint density at radius 3 is 2.33 bits per heavy atom. The van der Waals surface area contributed by atoms with E-state index in [0.717, 1.165) is 22.3 Å². The van der Waals surface area contributed by atoms with Gasteiger partial charge in [0.2, 0.25) is 5.91 Å². The summed E-state index contributed by atoms with van der Waals surface area (Å²) in [6.07, 6.45) is 1.35. The molecule has 0 aliphatic carbocycles. The molecule has 0 atom stereocenters. The van der Waals surface area contributed by atoms with Crippen molar-refractivity contribution in [2.24, 2.45) is 0 Å². The van der Waals surface area contributed by atoms with Crippen molar-refractivity contribution in [2.75, 3.05) is 5.32 Å². The average molecular weight is 456 g/mol. The van der Waals surface area contributed by atoms with Gasteiger partial charge in [-0.2, -0.15) is 0 Å². The number of fused-ring (bicyclic) bond motifs is 1. The topological polar surface area (TPSA) is 64.0 Å². The summed E-state index contributed by atoms with van der Waals surface area (Å²) >= 11 is 1.38. The Hall–Kier alpha value is -4.10. The van der Waals surface area contributed by atoms with E-state index in [4.69, 9.17) is 0 Å². The summed E-state index contributed by atoms with van der Waals surface area (Å²) in [5, 5.41) is 4.87. The van der Waals surface area contributed by atoms with E-state index in [1.165, 1.54) is 40.4 Å². The summed E-state index contributed by atoms with van der Waals surface area (Å²) in [6, 6.07) is 23.9. The number of amides is 1. The van der Waals surface area contributed by atoms with Crippen LogP contribution in [-0.4, -0.2) is 15.5 Å². The lowest BCUT2D eigenvalue weighted by Crippen LogP contribution is -2.28. The Balaban J connectivity index is 1.45. The van der Waals surface area contributed by atoms with Gasteiger partial charge in [-0.25, -0.2) is 9.37 Å². The van der Waals surface area contributed by atoms with Crippen LogP contribution >= 0.6 is 11.3 Å². The molecule has 1 N–H and O–H groups in total. The van der Waals surface area contributed by atoms with Gasteiger partial charge in [-0.1, -0.05) is 66.7 Å². The number of hydrogen-bond acceptors (Lipinski definition) is 4. The van der Waals surface area contributed by atoms with E-state index < -0.39 is 11.7 Å². The van der Waals surface area contributed by atoms with E-state index in [1.54, 1.807) is 6.07 Å². The molecule has 0 fully saturated rings. The molecule has 0 saturated heterocycles. The third kappa shape index (κ3) is 4.18. The first-order chi connectivity index (χ1) is 16.1. The van der Waals surface area contributed by atoms with Crippen molar-refractivity contribution >= 4 is 33.1 Å². The highest BCUT2D eigenvalue weighted by atomic mass is 32.1. The minimum atomic E-state index is -0.536. The van der Waals surface area contributed by atoms with Crippen molar-refractivity contribution in [1.29, 1.82) is 0 Å². The van der Waals surface area contributed by atoms with E-state index >= 15 is 0 Å². The number of benzene rings is 3. The zero-order chi connectivity index (χ0) is 22.8. The molecule has 0 unspecified atom stereocenters. The molecular formula is C26H18FN3O2S. The highest BCUT2D eigenvalue weighted by molar-refractivity contribution is 7.17. The SMILES string of the molecule is O=C(Cn1cnc2scc(-c3ccc(-c4ccccc4)cc3)c2c1=O)Nc1ccccc1F. The fourth-order valence-corrected chi connectivity index (χ4v) is 4.58. The number of carbonyl (C=O) groups is 1. The first-order valence-electron chi connectivity index (χ1n) is 10.3. The van der Waals surface area contributed by atoms with Crippen LogP contribution in [0, 0.1) is 5.82 Å². The summed E-state index contributed by atoms with van der Waals surface area (Å²) in [6.45, 7) is -0.266. The molecule has 162 valence electrons. The zero-order valence-corrected chi connectivity index (χ0v) is 18.2. The van der Waals surface area contributed by atoms with Crippen LogP contribution in [0.1, 0.15) is 0 Å². The second kappa shape index (κ2) is 8.80. The minimum Gasteiger partial charge on any atom is -0.322 e. The first-order valence-corrected chi connectivity index (χ1v) is 11.1. The second-order valence-corrected chi connectivity index (χ2v) is 8.34. The fourth-order valence-electron chi connectivity index (χ4n) is 3.67. The Bertz CT molecular complexity index is 1510. The van der Waals surface area contributed by atoms with Crippen molar-refractivity contribution < 1.29 is 9.18 Å². The van der Waals surface area contributed by atoms with Gasteiger partial charge in [-0.15, -0.1) is 11.3 Å². The fraction of sp³-hybridized carbons (Fsp3) is 0.0385. The van der Waals surface area contributed by atoms with E-state index in [1.807, 2.05) is 60.0 Å². The Morgan fingerprint density at radius 1 is 0.909 bits per heavy atom. The Kier molecular flexibility index (Phi) is 5.54. The average Bonchev–Trinajstić information content (AvgIpc) is 3.28. The second-order valence-electron chi connectivity index (χ2n) is 7.48. The molecule has 3 aromatic carbocycles. The predicted molar refractivity (Wildman–Crippen MR) is 130 cm³/mol. The van der Waals surface area contributed by atoms with Gasteiger partial charge in [-0.3, -0.25) is 14.2 Å². The monoisotopic (exact) mass is 455 g/mol. The van der Waals surface area contributed by atoms with Crippen LogP contribution in [0.4, 0.5) is 10.1 Å². The Labute approximate surface area is 192 Å². The van der Waals surface area contributed by atoms with Crippen molar-refractivity contribution in [3.05, 3.63) is 107 Å². The van der Waals surface area contributed by atoms with Crippen molar-refractivity contribution in [3.8, 4) is 22.3 Å². The lowest BCUT2D eigenvalue weighted by atomic mass is 10.0. The number of rotatable bonds is 5. The van der Waals surface area contributed by atoms with Gasteiger partial charge >= 0.3 is 0 Å². The van der Waals surface area contributed by atoms with Crippen molar-refractivity contribution in [2.45, 2.75) is 6.54 Å². The van der Waals surface area contributed by atoms with Gasteiger partial charge in [0, 0.05) is 10.9 Å². The minimum absolute atomic E-state index is 0.0688. The molecule has 7 heteroatoms. The molecule has 0 aliphatic rings. The highest BCUT2D eigenvalue weighted by Crippen LogP contribution is 2.32. The van der Waals surface area contributed by atoms with Gasteiger partial charge in [0.1, 0.15) is 17.2 Å². The number of nitrogens with zero attached hydrogens (tertiary/aromatic N) is 2. The van der Waals surface area contributed by atoms with E-state index in [9.17, 15) is 14.0 Å². The number of thiophene rings is 1. The summed E-state index contributed by atoms with van der Waals surface area (Å²) in [7, 11) is 0. The third-order valence-corrected chi connectivity index (χ3v) is 6.21. The van der Waals surface area contributed by atoms with Crippen LogP contribution in [0.25, 0.3) is 32.5 Å². The largest absolute Gasteiger partial charge is 0.322 e. The molecule has 5 aromatic rings. The van der Waals surface area contributed by atoms with Gasteiger partial charge in [0.25, 0.3) is 5.56 Å². The molecule has 0 saturated carbocycles. The van der Waals surface area contributed by atoms with Gasteiger partial charge in [0.15, 0.2) is 0 Å².